The molecule has 2 aromatic carbocycles. The van der Waals surface area contributed by atoms with E-state index in [1.165, 1.54) is 12.8 Å². The molecule has 2 fully saturated rings. The lowest BCUT2D eigenvalue weighted by Crippen LogP contribution is -2.39. The standard InChI is InChI=1S/C26H32N2O5/c29-17-22-24(32-18-20-4-2-1-3-5-20)9-7-21-23(27-33-26(21)22)8-6-19-10-12-28(13-11-19)16-25-30-14-15-31-25/h1-5,7,9,19,25,29H,6,8,10-18H2. The number of hydrogen-bond acceptors (Lipinski definition) is 7. The highest BCUT2D eigenvalue weighted by atomic mass is 16.7. The number of piperidine rings is 1. The van der Waals surface area contributed by atoms with Crippen LogP contribution < -0.4 is 4.74 Å². The maximum atomic E-state index is 9.99. The number of hydrogen-bond donors (Lipinski definition) is 1. The minimum absolute atomic E-state index is 0.0506. The average Bonchev–Trinajstić information content (AvgIpc) is 3.52. The van der Waals surface area contributed by atoms with E-state index in [0.717, 1.165) is 49.1 Å². The van der Waals surface area contributed by atoms with E-state index in [2.05, 4.69) is 10.1 Å². The summed E-state index contributed by atoms with van der Waals surface area (Å²) in [5.41, 5.74) is 3.33. The second kappa shape index (κ2) is 10.7. The summed E-state index contributed by atoms with van der Waals surface area (Å²) in [6, 6.07) is 13.9. The van der Waals surface area contributed by atoms with Gasteiger partial charge in [0.2, 0.25) is 0 Å². The number of likely N-dealkylation sites (tertiary alicyclic amines) is 1. The minimum Gasteiger partial charge on any atom is -0.488 e. The summed E-state index contributed by atoms with van der Waals surface area (Å²) < 4.78 is 22.8. The lowest BCUT2D eigenvalue weighted by atomic mass is 9.91. The van der Waals surface area contributed by atoms with Crippen LogP contribution in [0, 0.1) is 5.92 Å². The van der Waals surface area contributed by atoms with E-state index in [0.29, 0.717) is 42.6 Å². The van der Waals surface area contributed by atoms with Crippen molar-refractivity contribution in [1.82, 2.24) is 10.1 Å². The Kier molecular flexibility index (Phi) is 7.21. The molecule has 0 amide bonds. The Labute approximate surface area is 194 Å². The molecule has 176 valence electrons. The summed E-state index contributed by atoms with van der Waals surface area (Å²) in [6.45, 7) is 4.77. The fraction of sp³-hybridized carbons (Fsp3) is 0.500. The minimum atomic E-state index is -0.150. The van der Waals surface area contributed by atoms with Crippen LogP contribution in [0.1, 0.15) is 36.1 Å². The van der Waals surface area contributed by atoms with Gasteiger partial charge in [0.05, 0.1) is 31.1 Å². The summed E-state index contributed by atoms with van der Waals surface area (Å²) >= 11 is 0. The van der Waals surface area contributed by atoms with Crippen molar-refractivity contribution in [3.63, 3.8) is 0 Å². The SMILES string of the molecule is OCc1c(OCc2ccccc2)ccc2c(CCC3CCN(CC4OCCO4)CC3)noc12. The maximum absolute atomic E-state index is 9.99. The van der Waals surface area contributed by atoms with Gasteiger partial charge in [0.1, 0.15) is 12.4 Å². The third-order valence-corrected chi connectivity index (χ3v) is 6.77. The molecule has 0 unspecified atom stereocenters. The molecule has 0 spiro atoms. The molecule has 2 aliphatic rings. The van der Waals surface area contributed by atoms with E-state index in [1.807, 2.05) is 42.5 Å². The molecule has 1 aromatic heterocycles. The van der Waals surface area contributed by atoms with Crippen LogP contribution >= 0.6 is 0 Å². The quantitative estimate of drug-likeness (QED) is 0.527. The normalized spacial score (nSPS) is 18.3. The molecule has 3 aromatic rings. The van der Waals surface area contributed by atoms with Gasteiger partial charge in [-0.1, -0.05) is 35.5 Å². The van der Waals surface area contributed by atoms with E-state index in [9.17, 15) is 5.11 Å². The molecule has 0 aliphatic carbocycles. The molecule has 3 heterocycles. The fourth-order valence-electron chi connectivity index (χ4n) is 4.81. The molecule has 2 aliphatic heterocycles. The number of nitrogens with zero attached hydrogens (tertiary/aromatic N) is 2. The van der Waals surface area contributed by atoms with Gasteiger partial charge in [-0.15, -0.1) is 0 Å². The molecule has 33 heavy (non-hydrogen) atoms. The van der Waals surface area contributed by atoms with Gasteiger partial charge in [0.25, 0.3) is 0 Å². The second-order valence-corrected chi connectivity index (χ2v) is 8.93. The van der Waals surface area contributed by atoms with Crippen LogP contribution in [0.5, 0.6) is 5.75 Å². The van der Waals surface area contributed by atoms with Gasteiger partial charge in [-0.25, -0.2) is 0 Å². The Morgan fingerprint density at radius 3 is 2.58 bits per heavy atom. The third-order valence-electron chi connectivity index (χ3n) is 6.77. The lowest BCUT2D eigenvalue weighted by Gasteiger charge is -2.32. The van der Waals surface area contributed by atoms with E-state index in [4.69, 9.17) is 18.7 Å². The third kappa shape index (κ3) is 5.38. The highest BCUT2D eigenvalue weighted by molar-refractivity contribution is 5.84. The first-order chi connectivity index (χ1) is 16.3. The molecule has 0 radical (unpaired) electrons. The predicted octanol–water partition coefficient (Wildman–Crippen LogP) is 3.92. The molecule has 7 nitrogen and oxygen atoms in total. The number of ether oxygens (including phenoxy) is 3. The van der Waals surface area contributed by atoms with Gasteiger partial charge in [0, 0.05) is 11.9 Å². The maximum Gasteiger partial charge on any atom is 0.176 e. The number of benzene rings is 2. The Morgan fingerprint density at radius 2 is 1.82 bits per heavy atom. The zero-order valence-electron chi connectivity index (χ0n) is 18.9. The van der Waals surface area contributed by atoms with Crippen LogP contribution in [-0.2, 0) is 29.1 Å². The van der Waals surface area contributed by atoms with E-state index < -0.39 is 0 Å². The van der Waals surface area contributed by atoms with Crippen molar-refractivity contribution >= 4 is 11.0 Å². The Hall–Kier alpha value is -2.45. The van der Waals surface area contributed by atoms with Crippen molar-refractivity contribution < 1.29 is 23.8 Å². The van der Waals surface area contributed by atoms with Crippen molar-refractivity contribution in [2.45, 2.75) is 45.2 Å². The van der Waals surface area contributed by atoms with Crippen LogP contribution in [0.3, 0.4) is 0 Å². The summed E-state index contributed by atoms with van der Waals surface area (Å²) in [6.07, 6.45) is 4.28. The molecule has 2 saturated heterocycles. The molecular weight excluding hydrogens is 420 g/mol. The summed E-state index contributed by atoms with van der Waals surface area (Å²) in [5.74, 6) is 1.32. The highest BCUT2D eigenvalue weighted by Crippen LogP contribution is 2.32. The molecule has 0 saturated carbocycles. The topological polar surface area (TPSA) is 77.2 Å². The van der Waals surface area contributed by atoms with Gasteiger partial charge in [-0.05, 0) is 62.4 Å². The first kappa shape index (κ1) is 22.3. The Morgan fingerprint density at radius 1 is 1.03 bits per heavy atom. The van der Waals surface area contributed by atoms with Crippen molar-refractivity contribution in [2.24, 2.45) is 5.92 Å². The molecule has 1 N–H and O–H groups in total. The second-order valence-electron chi connectivity index (χ2n) is 8.93. The van der Waals surface area contributed by atoms with Gasteiger partial charge in [-0.3, -0.25) is 4.90 Å². The Bertz CT molecular complexity index is 1020. The first-order valence-electron chi connectivity index (χ1n) is 11.9. The number of aryl methyl sites for hydroxylation is 1. The van der Waals surface area contributed by atoms with E-state index in [-0.39, 0.29) is 12.9 Å². The van der Waals surface area contributed by atoms with E-state index in [1.54, 1.807) is 0 Å². The van der Waals surface area contributed by atoms with Crippen LogP contribution in [0.2, 0.25) is 0 Å². The first-order valence-corrected chi connectivity index (χ1v) is 11.9. The monoisotopic (exact) mass is 452 g/mol. The molecule has 0 bridgehead atoms. The zero-order valence-corrected chi connectivity index (χ0v) is 18.9. The molecule has 7 heteroatoms. The van der Waals surface area contributed by atoms with Crippen LogP contribution in [0.4, 0.5) is 0 Å². The van der Waals surface area contributed by atoms with Gasteiger partial charge in [0.15, 0.2) is 11.9 Å². The summed E-state index contributed by atoms with van der Waals surface area (Å²) in [4.78, 5) is 2.45. The summed E-state index contributed by atoms with van der Waals surface area (Å²) in [7, 11) is 0. The van der Waals surface area contributed by atoms with Crippen LogP contribution in [-0.4, -0.2) is 54.3 Å². The number of fused-ring (bicyclic) bond motifs is 1. The largest absolute Gasteiger partial charge is 0.488 e. The van der Waals surface area contributed by atoms with Crippen molar-refractivity contribution in [1.29, 1.82) is 0 Å². The van der Waals surface area contributed by atoms with Gasteiger partial charge >= 0.3 is 0 Å². The smallest absolute Gasteiger partial charge is 0.176 e. The van der Waals surface area contributed by atoms with Crippen molar-refractivity contribution in [2.75, 3.05) is 32.8 Å². The zero-order chi connectivity index (χ0) is 22.5. The molecule has 5 rings (SSSR count). The Balaban J connectivity index is 1.17. The number of aliphatic hydroxyl groups excluding tert-OH is 1. The van der Waals surface area contributed by atoms with Crippen molar-refractivity contribution in [3.8, 4) is 5.75 Å². The molecular formula is C26H32N2O5. The highest BCUT2D eigenvalue weighted by Gasteiger charge is 2.25. The van der Waals surface area contributed by atoms with E-state index >= 15 is 0 Å². The van der Waals surface area contributed by atoms with Crippen LogP contribution in [0.15, 0.2) is 47.0 Å². The molecule has 0 atom stereocenters. The number of aliphatic hydroxyl groups is 1. The van der Waals surface area contributed by atoms with Crippen LogP contribution in [0.25, 0.3) is 11.0 Å². The van der Waals surface area contributed by atoms with Gasteiger partial charge in [-0.2, -0.15) is 0 Å². The van der Waals surface area contributed by atoms with Crippen molar-refractivity contribution in [3.05, 3.63) is 59.3 Å². The number of aromatic nitrogens is 1. The van der Waals surface area contributed by atoms with Gasteiger partial charge < -0.3 is 23.8 Å². The lowest BCUT2D eigenvalue weighted by molar-refractivity contribution is -0.0661. The average molecular weight is 453 g/mol. The number of rotatable bonds is 9. The summed E-state index contributed by atoms with van der Waals surface area (Å²) in [5, 5.41) is 15.3. The predicted molar refractivity (Wildman–Crippen MR) is 124 cm³/mol. The fourth-order valence-corrected chi connectivity index (χ4v) is 4.81.